The van der Waals surface area contributed by atoms with E-state index in [1.807, 2.05) is 12.1 Å². The van der Waals surface area contributed by atoms with E-state index in [4.69, 9.17) is 21.2 Å². The zero-order chi connectivity index (χ0) is 16.2. The summed E-state index contributed by atoms with van der Waals surface area (Å²) in [6, 6.07) is 7.29. The third kappa shape index (κ3) is 3.87. The van der Waals surface area contributed by atoms with E-state index in [-0.39, 0.29) is 5.91 Å². The highest BCUT2D eigenvalue weighted by Crippen LogP contribution is 2.20. The molecule has 0 unspecified atom stereocenters. The van der Waals surface area contributed by atoms with Gasteiger partial charge >= 0.3 is 0 Å². The average Bonchev–Trinajstić information content (AvgIpc) is 3.03. The molecular formula is C15H17ClN4O3. The number of benzene rings is 1. The Kier molecular flexibility index (Phi) is 4.90. The van der Waals surface area contributed by atoms with Crippen molar-refractivity contribution in [1.29, 1.82) is 0 Å². The van der Waals surface area contributed by atoms with E-state index >= 15 is 0 Å². The minimum atomic E-state index is -0.438. The predicted molar refractivity (Wildman–Crippen MR) is 83.7 cm³/mol. The molecule has 0 saturated carbocycles. The van der Waals surface area contributed by atoms with Crippen molar-refractivity contribution in [2.75, 3.05) is 32.8 Å². The molecule has 0 spiro atoms. The van der Waals surface area contributed by atoms with E-state index in [0.29, 0.717) is 49.5 Å². The number of aromatic nitrogens is 2. The highest BCUT2D eigenvalue weighted by atomic mass is 35.5. The van der Waals surface area contributed by atoms with E-state index in [1.54, 1.807) is 17.0 Å². The Hall–Kier alpha value is -1.96. The first-order valence-corrected chi connectivity index (χ1v) is 7.73. The molecule has 8 heteroatoms. The van der Waals surface area contributed by atoms with Crippen molar-refractivity contribution < 1.29 is 14.4 Å². The van der Waals surface area contributed by atoms with Gasteiger partial charge in [-0.2, -0.15) is 4.98 Å². The number of nitrogens with zero attached hydrogens (tertiary/aromatic N) is 4. The first kappa shape index (κ1) is 15.9. The molecule has 1 aliphatic heterocycles. The zero-order valence-corrected chi connectivity index (χ0v) is 13.2. The van der Waals surface area contributed by atoms with Crippen molar-refractivity contribution in [2.45, 2.75) is 6.54 Å². The Bertz CT molecular complexity index is 683. The number of rotatable bonds is 4. The highest BCUT2D eigenvalue weighted by Gasteiger charge is 2.22. The summed E-state index contributed by atoms with van der Waals surface area (Å²) in [6.07, 6.45) is 0. The summed E-state index contributed by atoms with van der Waals surface area (Å²) in [5.74, 6) is 0.809. The van der Waals surface area contributed by atoms with Crippen molar-refractivity contribution >= 4 is 17.5 Å². The van der Waals surface area contributed by atoms with Crippen molar-refractivity contribution in [3.8, 4) is 11.4 Å². The predicted octanol–water partition coefficient (Wildman–Crippen LogP) is 1.03. The van der Waals surface area contributed by atoms with Crippen molar-refractivity contribution in [3.05, 3.63) is 35.2 Å². The van der Waals surface area contributed by atoms with Crippen LogP contribution in [0.1, 0.15) is 5.89 Å². The van der Waals surface area contributed by atoms with Crippen LogP contribution in [0.25, 0.3) is 11.4 Å². The summed E-state index contributed by atoms with van der Waals surface area (Å²) in [4.78, 5) is 19.6. The molecule has 0 atom stereocenters. The second-order valence-electron chi connectivity index (χ2n) is 5.34. The number of piperazine rings is 1. The lowest BCUT2D eigenvalue weighted by Crippen LogP contribution is -2.49. The summed E-state index contributed by atoms with van der Waals surface area (Å²) in [7, 11) is 0. The number of halogens is 1. The van der Waals surface area contributed by atoms with Crippen LogP contribution >= 0.6 is 11.6 Å². The maximum absolute atomic E-state index is 11.4. The zero-order valence-electron chi connectivity index (χ0n) is 12.5. The number of hydrogen-bond acceptors (Lipinski definition) is 6. The molecule has 1 aromatic carbocycles. The summed E-state index contributed by atoms with van der Waals surface area (Å²) >= 11 is 5.96. The van der Waals surface area contributed by atoms with E-state index < -0.39 is 6.61 Å². The van der Waals surface area contributed by atoms with Crippen LogP contribution in [-0.4, -0.2) is 63.7 Å². The maximum Gasteiger partial charge on any atom is 0.248 e. The minimum absolute atomic E-state index is 0.231. The van der Waals surface area contributed by atoms with Crippen LogP contribution < -0.4 is 0 Å². The minimum Gasteiger partial charge on any atom is -0.387 e. The third-order valence-corrected chi connectivity index (χ3v) is 4.01. The molecule has 0 radical (unpaired) electrons. The number of aliphatic hydroxyl groups excluding tert-OH is 1. The molecule has 0 aliphatic carbocycles. The number of carbonyl (C=O) groups excluding carboxylic acids is 1. The van der Waals surface area contributed by atoms with Crippen LogP contribution in [0.3, 0.4) is 0 Å². The van der Waals surface area contributed by atoms with Gasteiger partial charge in [-0.05, 0) is 12.1 Å². The lowest BCUT2D eigenvalue weighted by Gasteiger charge is -2.33. The summed E-state index contributed by atoms with van der Waals surface area (Å²) in [6.45, 7) is 2.70. The van der Waals surface area contributed by atoms with E-state index in [2.05, 4.69) is 15.0 Å². The monoisotopic (exact) mass is 336 g/mol. The van der Waals surface area contributed by atoms with Gasteiger partial charge in [0, 0.05) is 36.8 Å². The summed E-state index contributed by atoms with van der Waals surface area (Å²) < 4.78 is 5.29. The SMILES string of the molecule is O=C(CO)N1CCN(Cc2nc(-c3cccc(Cl)c3)no2)CC1. The molecule has 7 nitrogen and oxygen atoms in total. The quantitative estimate of drug-likeness (QED) is 0.897. The average molecular weight is 337 g/mol. The Morgan fingerprint density at radius 2 is 2.09 bits per heavy atom. The Balaban J connectivity index is 1.59. The maximum atomic E-state index is 11.4. The van der Waals surface area contributed by atoms with Gasteiger partial charge < -0.3 is 14.5 Å². The molecule has 0 bridgehead atoms. The smallest absolute Gasteiger partial charge is 0.248 e. The van der Waals surface area contributed by atoms with Gasteiger partial charge in [-0.25, -0.2) is 0 Å². The van der Waals surface area contributed by atoms with Crippen molar-refractivity contribution in [3.63, 3.8) is 0 Å². The molecule has 1 aromatic heterocycles. The summed E-state index contributed by atoms with van der Waals surface area (Å²) in [5.41, 5.74) is 0.811. The van der Waals surface area contributed by atoms with Gasteiger partial charge in [0.15, 0.2) is 0 Å². The Labute approximate surface area is 138 Å². The van der Waals surface area contributed by atoms with Crippen molar-refractivity contribution in [1.82, 2.24) is 19.9 Å². The molecule has 2 heterocycles. The summed E-state index contributed by atoms with van der Waals surface area (Å²) in [5, 5.41) is 13.5. The largest absolute Gasteiger partial charge is 0.387 e. The number of carbonyl (C=O) groups is 1. The van der Waals surface area contributed by atoms with Crippen LogP contribution in [0, 0.1) is 0 Å². The van der Waals surface area contributed by atoms with Gasteiger partial charge in [-0.15, -0.1) is 0 Å². The Morgan fingerprint density at radius 3 is 2.78 bits per heavy atom. The van der Waals surface area contributed by atoms with Crippen LogP contribution in [0.15, 0.2) is 28.8 Å². The number of amides is 1. The van der Waals surface area contributed by atoms with E-state index in [1.165, 1.54) is 0 Å². The topological polar surface area (TPSA) is 82.7 Å². The van der Waals surface area contributed by atoms with Gasteiger partial charge in [0.1, 0.15) is 6.61 Å². The second-order valence-corrected chi connectivity index (χ2v) is 5.77. The first-order valence-electron chi connectivity index (χ1n) is 7.35. The number of aliphatic hydroxyl groups is 1. The normalized spacial score (nSPS) is 15.8. The van der Waals surface area contributed by atoms with Gasteiger partial charge in [-0.1, -0.05) is 28.9 Å². The van der Waals surface area contributed by atoms with Gasteiger partial charge in [0.25, 0.3) is 0 Å². The molecule has 1 N–H and O–H groups in total. The fourth-order valence-corrected chi connectivity index (χ4v) is 2.70. The standard InChI is InChI=1S/C15H17ClN4O3/c16-12-3-1-2-11(8-12)15-17-13(23-18-15)9-19-4-6-20(7-5-19)14(22)10-21/h1-3,8,21H,4-7,9-10H2. The van der Waals surface area contributed by atoms with Crippen LogP contribution in [0.5, 0.6) is 0 Å². The third-order valence-electron chi connectivity index (χ3n) is 3.77. The van der Waals surface area contributed by atoms with Gasteiger partial charge in [0.05, 0.1) is 6.54 Å². The van der Waals surface area contributed by atoms with Gasteiger partial charge in [-0.3, -0.25) is 9.69 Å². The molecule has 1 aliphatic rings. The molecule has 1 fully saturated rings. The number of hydrogen-bond donors (Lipinski definition) is 1. The fraction of sp³-hybridized carbons (Fsp3) is 0.400. The first-order chi connectivity index (χ1) is 11.2. The van der Waals surface area contributed by atoms with Crippen molar-refractivity contribution in [2.24, 2.45) is 0 Å². The molecular weight excluding hydrogens is 320 g/mol. The molecule has 23 heavy (non-hydrogen) atoms. The van der Waals surface area contributed by atoms with Crippen LogP contribution in [0.4, 0.5) is 0 Å². The second kappa shape index (κ2) is 7.08. The van der Waals surface area contributed by atoms with Gasteiger partial charge in [0.2, 0.25) is 17.6 Å². The lowest BCUT2D eigenvalue weighted by atomic mass is 10.2. The fourth-order valence-electron chi connectivity index (χ4n) is 2.51. The van der Waals surface area contributed by atoms with Crippen LogP contribution in [0.2, 0.25) is 5.02 Å². The lowest BCUT2D eigenvalue weighted by molar-refractivity contribution is -0.136. The van der Waals surface area contributed by atoms with E-state index in [9.17, 15) is 4.79 Å². The molecule has 3 rings (SSSR count). The highest BCUT2D eigenvalue weighted by molar-refractivity contribution is 6.30. The molecule has 1 saturated heterocycles. The molecule has 2 aromatic rings. The Morgan fingerprint density at radius 1 is 1.30 bits per heavy atom. The molecule has 1 amide bonds. The molecule has 122 valence electrons. The van der Waals surface area contributed by atoms with E-state index in [0.717, 1.165) is 5.56 Å². The van der Waals surface area contributed by atoms with Crippen LogP contribution in [-0.2, 0) is 11.3 Å².